The van der Waals surface area contributed by atoms with Crippen molar-refractivity contribution in [1.82, 2.24) is 5.32 Å². The lowest BCUT2D eigenvalue weighted by molar-refractivity contribution is -0.302. The van der Waals surface area contributed by atoms with Gasteiger partial charge in [0.25, 0.3) is 0 Å². The fourth-order valence-corrected chi connectivity index (χ4v) is 8.33. The molecule has 0 radical (unpaired) electrons. The standard InChI is InChI=1S/C58H103NO10/c1-3-5-7-9-11-13-25-30-34-38-42-46-54(63)67-47-43-39-35-31-27-24-22-20-18-16-14-15-17-19-21-23-26-29-33-37-41-45-53(62)59-50(51(61)44-40-36-32-28-12-10-8-6-4-2)49-68-58-57(66)56(65)55(64)52(48-60)69-58/h9,11-12,24,27-28,35,39-40,44,50-52,55-58,60-61,64-66H,3-8,10,13-23,25-26,29-34,36-38,41-43,45-49H2,1-2H3,(H,59,62)/b11-9-,27-24-,28-12+,39-35-,44-40+. The number of hydrogen-bond acceptors (Lipinski definition) is 10. The highest BCUT2D eigenvalue weighted by atomic mass is 16.7. The number of ether oxygens (including phenoxy) is 3. The molecule has 0 aromatic heterocycles. The summed E-state index contributed by atoms with van der Waals surface area (Å²) in [5.41, 5.74) is 0. The maximum absolute atomic E-state index is 13.0. The van der Waals surface area contributed by atoms with Crippen molar-refractivity contribution in [3.63, 3.8) is 0 Å². The van der Waals surface area contributed by atoms with Crippen LogP contribution in [0.1, 0.15) is 232 Å². The van der Waals surface area contributed by atoms with Gasteiger partial charge in [-0.05, 0) is 83.5 Å². The molecule has 1 rings (SSSR count). The molecule has 0 aliphatic carbocycles. The zero-order valence-corrected chi connectivity index (χ0v) is 43.8. The molecule has 11 nitrogen and oxygen atoms in total. The Morgan fingerprint density at radius 1 is 0.536 bits per heavy atom. The second kappa shape index (κ2) is 47.7. The van der Waals surface area contributed by atoms with E-state index in [0.29, 0.717) is 19.4 Å². The van der Waals surface area contributed by atoms with Crippen molar-refractivity contribution in [2.75, 3.05) is 19.8 Å². The molecule has 0 bridgehead atoms. The maximum Gasteiger partial charge on any atom is 0.305 e. The number of unbranched alkanes of at least 4 members (excludes halogenated alkanes) is 25. The molecule has 7 atom stereocenters. The van der Waals surface area contributed by atoms with E-state index in [0.717, 1.165) is 77.0 Å². The fourth-order valence-electron chi connectivity index (χ4n) is 8.33. The summed E-state index contributed by atoms with van der Waals surface area (Å²) in [6, 6.07) is -0.831. The van der Waals surface area contributed by atoms with Gasteiger partial charge in [-0.2, -0.15) is 0 Å². The van der Waals surface area contributed by atoms with E-state index in [2.05, 4.69) is 67.8 Å². The van der Waals surface area contributed by atoms with Crippen LogP contribution in [0.3, 0.4) is 0 Å². The first-order valence-corrected chi connectivity index (χ1v) is 28.1. The molecule has 1 heterocycles. The summed E-state index contributed by atoms with van der Waals surface area (Å²) in [4.78, 5) is 24.9. The molecular formula is C58H103NO10. The van der Waals surface area contributed by atoms with Crippen molar-refractivity contribution < 1.29 is 49.3 Å². The summed E-state index contributed by atoms with van der Waals surface area (Å²) in [5, 5.41) is 54.1. The summed E-state index contributed by atoms with van der Waals surface area (Å²) in [6.45, 7) is 4.11. The van der Waals surface area contributed by atoms with Crippen LogP contribution in [0.2, 0.25) is 0 Å². The second-order valence-corrected chi connectivity index (χ2v) is 19.3. The zero-order valence-electron chi connectivity index (χ0n) is 43.8. The van der Waals surface area contributed by atoms with E-state index in [1.165, 1.54) is 128 Å². The number of hydrogen-bond donors (Lipinski definition) is 6. The summed E-state index contributed by atoms with van der Waals surface area (Å²) in [6.07, 6.45) is 50.6. The van der Waals surface area contributed by atoms with Gasteiger partial charge in [0.1, 0.15) is 24.4 Å². The molecule has 0 aromatic carbocycles. The van der Waals surface area contributed by atoms with Crippen molar-refractivity contribution in [2.45, 2.75) is 275 Å². The van der Waals surface area contributed by atoms with Crippen LogP contribution in [0, 0.1) is 0 Å². The van der Waals surface area contributed by atoms with E-state index in [4.69, 9.17) is 14.2 Å². The highest BCUT2D eigenvalue weighted by Crippen LogP contribution is 2.23. The number of carbonyl (C=O) groups is 2. The number of allylic oxidation sites excluding steroid dienone is 8. The van der Waals surface area contributed by atoms with Crippen molar-refractivity contribution in [1.29, 1.82) is 0 Å². The Labute approximate surface area is 420 Å². The molecule has 1 saturated heterocycles. The van der Waals surface area contributed by atoms with Crippen molar-refractivity contribution in [3.8, 4) is 0 Å². The van der Waals surface area contributed by atoms with Crippen LogP contribution in [-0.2, 0) is 23.8 Å². The molecule has 1 fully saturated rings. The number of esters is 1. The van der Waals surface area contributed by atoms with Crippen LogP contribution in [0.4, 0.5) is 0 Å². The first kappa shape index (κ1) is 64.4. The molecule has 6 N–H and O–H groups in total. The molecule has 0 saturated carbocycles. The summed E-state index contributed by atoms with van der Waals surface area (Å²) < 4.78 is 16.6. The third-order valence-electron chi connectivity index (χ3n) is 12.8. The Morgan fingerprint density at radius 3 is 1.57 bits per heavy atom. The van der Waals surface area contributed by atoms with Crippen LogP contribution in [-0.4, -0.2) is 100 Å². The third kappa shape index (κ3) is 37.8. The van der Waals surface area contributed by atoms with Gasteiger partial charge in [0, 0.05) is 12.8 Å². The van der Waals surface area contributed by atoms with Crippen LogP contribution in [0.5, 0.6) is 0 Å². The Kier molecular flexibility index (Phi) is 44.5. The molecule has 1 amide bonds. The number of carbonyl (C=O) groups excluding carboxylic acids is 2. The molecule has 1 aliphatic heterocycles. The minimum absolute atomic E-state index is 0.0612. The van der Waals surface area contributed by atoms with E-state index in [1.807, 2.05) is 6.08 Å². The maximum atomic E-state index is 13.0. The van der Waals surface area contributed by atoms with Crippen LogP contribution in [0.15, 0.2) is 60.8 Å². The normalized spacial score (nSPS) is 19.8. The van der Waals surface area contributed by atoms with Gasteiger partial charge >= 0.3 is 5.97 Å². The van der Waals surface area contributed by atoms with E-state index in [-0.39, 0.29) is 18.5 Å². The molecular weight excluding hydrogens is 871 g/mol. The Hall–Kier alpha value is -2.64. The molecule has 1 aliphatic rings. The number of amides is 1. The van der Waals surface area contributed by atoms with Crippen molar-refractivity contribution in [2.24, 2.45) is 0 Å². The lowest BCUT2D eigenvalue weighted by Gasteiger charge is -2.40. The summed E-state index contributed by atoms with van der Waals surface area (Å²) >= 11 is 0. The average Bonchev–Trinajstić information content (AvgIpc) is 3.34. The predicted molar refractivity (Wildman–Crippen MR) is 283 cm³/mol. The molecule has 400 valence electrons. The fraction of sp³-hybridized carbons (Fsp3) is 0.793. The lowest BCUT2D eigenvalue weighted by Crippen LogP contribution is -2.60. The van der Waals surface area contributed by atoms with Gasteiger partial charge in [-0.15, -0.1) is 0 Å². The second-order valence-electron chi connectivity index (χ2n) is 19.3. The van der Waals surface area contributed by atoms with Gasteiger partial charge in [0.15, 0.2) is 6.29 Å². The van der Waals surface area contributed by atoms with E-state index < -0.39 is 49.5 Å². The topological polar surface area (TPSA) is 175 Å². The largest absolute Gasteiger partial charge is 0.465 e. The van der Waals surface area contributed by atoms with E-state index in [1.54, 1.807) is 6.08 Å². The summed E-state index contributed by atoms with van der Waals surface area (Å²) in [5.74, 6) is -0.262. The Morgan fingerprint density at radius 2 is 1.00 bits per heavy atom. The van der Waals surface area contributed by atoms with Crippen molar-refractivity contribution in [3.05, 3.63) is 60.8 Å². The average molecular weight is 974 g/mol. The highest BCUT2D eigenvalue weighted by Gasteiger charge is 2.44. The monoisotopic (exact) mass is 974 g/mol. The first-order valence-electron chi connectivity index (χ1n) is 28.1. The first-order chi connectivity index (χ1) is 33.7. The Balaban J connectivity index is 2.07. The molecule has 0 aromatic rings. The van der Waals surface area contributed by atoms with Gasteiger partial charge in [-0.25, -0.2) is 0 Å². The lowest BCUT2D eigenvalue weighted by atomic mass is 9.99. The minimum Gasteiger partial charge on any atom is -0.465 e. The molecule has 0 spiro atoms. The van der Waals surface area contributed by atoms with Crippen molar-refractivity contribution >= 4 is 11.9 Å². The SMILES string of the molecule is CCCC/C=C\CCCCCCCC(=O)OCC/C=C\C/C=C\CCCCCCCCCCCCCCCCC(=O)NC(COC1OC(CO)C(O)C(O)C1O)C(O)/C=C/CC/C=C/CCCCC. The van der Waals surface area contributed by atoms with Gasteiger partial charge in [-0.1, -0.05) is 197 Å². The zero-order chi connectivity index (χ0) is 50.3. The van der Waals surface area contributed by atoms with Gasteiger partial charge < -0.3 is 45.1 Å². The van der Waals surface area contributed by atoms with Gasteiger partial charge in [0.05, 0.1) is 32.0 Å². The quantitative estimate of drug-likeness (QED) is 0.0196. The molecule has 69 heavy (non-hydrogen) atoms. The van der Waals surface area contributed by atoms with E-state index in [9.17, 15) is 35.1 Å². The van der Waals surface area contributed by atoms with Gasteiger partial charge in [0.2, 0.25) is 5.91 Å². The number of aliphatic hydroxyl groups is 5. The summed E-state index contributed by atoms with van der Waals surface area (Å²) in [7, 11) is 0. The Bertz CT molecular complexity index is 1330. The van der Waals surface area contributed by atoms with Crippen LogP contribution < -0.4 is 5.32 Å². The predicted octanol–water partition coefficient (Wildman–Crippen LogP) is 12.3. The number of rotatable bonds is 47. The number of aliphatic hydroxyl groups excluding tert-OH is 5. The number of nitrogens with one attached hydrogen (secondary N) is 1. The highest BCUT2D eigenvalue weighted by molar-refractivity contribution is 5.76. The van der Waals surface area contributed by atoms with E-state index >= 15 is 0 Å². The minimum atomic E-state index is -1.58. The smallest absolute Gasteiger partial charge is 0.305 e. The van der Waals surface area contributed by atoms with Crippen LogP contribution in [0.25, 0.3) is 0 Å². The third-order valence-corrected chi connectivity index (χ3v) is 12.8. The van der Waals surface area contributed by atoms with Gasteiger partial charge in [-0.3, -0.25) is 9.59 Å². The molecule has 11 heteroatoms. The molecule has 7 unspecified atom stereocenters. The van der Waals surface area contributed by atoms with Crippen LogP contribution >= 0.6 is 0 Å².